The zero-order valence-electron chi connectivity index (χ0n) is 8.22. The SMILES string of the molecule is Cc1c(Br)ccc2c1nnn2CC(F)(F)F. The van der Waals surface area contributed by atoms with Gasteiger partial charge in [0, 0.05) is 4.47 Å². The summed E-state index contributed by atoms with van der Waals surface area (Å²) in [5, 5.41) is 7.25. The molecule has 0 saturated heterocycles. The molecule has 1 aromatic heterocycles. The third-order valence-corrected chi connectivity index (χ3v) is 3.06. The molecule has 1 aromatic carbocycles. The van der Waals surface area contributed by atoms with Crippen LogP contribution in [0.3, 0.4) is 0 Å². The number of alkyl halides is 3. The van der Waals surface area contributed by atoms with Gasteiger partial charge in [-0.2, -0.15) is 13.2 Å². The Balaban J connectivity index is 2.54. The van der Waals surface area contributed by atoms with E-state index in [0.29, 0.717) is 11.0 Å². The molecule has 0 fully saturated rings. The Kier molecular flexibility index (Phi) is 2.65. The molecule has 86 valence electrons. The summed E-state index contributed by atoms with van der Waals surface area (Å²) in [6.07, 6.45) is -4.29. The van der Waals surface area contributed by atoms with Crippen molar-refractivity contribution in [2.24, 2.45) is 0 Å². The molecule has 3 nitrogen and oxygen atoms in total. The molecular formula is C9H7BrF3N3. The molecule has 0 saturated carbocycles. The Morgan fingerprint density at radius 3 is 2.69 bits per heavy atom. The highest BCUT2D eigenvalue weighted by Crippen LogP contribution is 2.25. The predicted molar refractivity (Wildman–Crippen MR) is 56.0 cm³/mol. The van der Waals surface area contributed by atoms with Crippen LogP contribution in [-0.2, 0) is 6.54 Å². The van der Waals surface area contributed by atoms with Crippen LogP contribution in [0, 0.1) is 6.92 Å². The third-order valence-electron chi connectivity index (χ3n) is 2.20. The van der Waals surface area contributed by atoms with Crippen LogP contribution in [0.4, 0.5) is 13.2 Å². The first-order valence-electron chi connectivity index (χ1n) is 4.43. The molecule has 0 amide bonds. The van der Waals surface area contributed by atoms with Gasteiger partial charge in [-0.05, 0) is 24.6 Å². The highest BCUT2D eigenvalue weighted by atomic mass is 79.9. The molecule has 0 unspecified atom stereocenters. The Morgan fingerprint density at radius 2 is 2.06 bits per heavy atom. The number of halogens is 4. The lowest BCUT2D eigenvalue weighted by atomic mass is 10.2. The van der Waals surface area contributed by atoms with Crippen molar-refractivity contribution in [3.05, 3.63) is 22.2 Å². The molecule has 0 N–H and O–H groups in total. The quantitative estimate of drug-likeness (QED) is 0.809. The summed E-state index contributed by atoms with van der Waals surface area (Å²) in [6.45, 7) is 0.656. The second-order valence-electron chi connectivity index (χ2n) is 3.40. The normalized spacial score (nSPS) is 12.3. The average molecular weight is 294 g/mol. The van der Waals surface area contributed by atoms with Crippen molar-refractivity contribution in [2.75, 3.05) is 0 Å². The molecule has 0 aliphatic rings. The smallest absolute Gasteiger partial charge is 0.235 e. The van der Waals surface area contributed by atoms with Gasteiger partial charge in [-0.25, -0.2) is 4.68 Å². The maximum absolute atomic E-state index is 12.2. The Labute approximate surface area is 97.4 Å². The summed E-state index contributed by atoms with van der Waals surface area (Å²) < 4.78 is 38.3. The van der Waals surface area contributed by atoms with Gasteiger partial charge in [-0.1, -0.05) is 21.1 Å². The summed E-state index contributed by atoms with van der Waals surface area (Å²) in [4.78, 5) is 0. The molecule has 0 bridgehead atoms. The first-order chi connectivity index (χ1) is 7.38. The van der Waals surface area contributed by atoms with Gasteiger partial charge in [0.15, 0.2) is 0 Å². The summed E-state index contributed by atoms with van der Waals surface area (Å²) in [5.41, 5.74) is 1.66. The van der Waals surface area contributed by atoms with E-state index in [1.165, 1.54) is 0 Å². The van der Waals surface area contributed by atoms with Crippen molar-refractivity contribution in [3.63, 3.8) is 0 Å². The van der Waals surface area contributed by atoms with Gasteiger partial charge in [0.25, 0.3) is 0 Å². The number of nitrogens with zero attached hydrogens (tertiary/aromatic N) is 3. The van der Waals surface area contributed by atoms with Crippen molar-refractivity contribution in [1.29, 1.82) is 0 Å². The van der Waals surface area contributed by atoms with Crippen LogP contribution in [0.5, 0.6) is 0 Å². The van der Waals surface area contributed by atoms with Crippen LogP contribution in [0.25, 0.3) is 11.0 Å². The summed E-state index contributed by atoms with van der Waals surface area (Å²) in [6, 6.07) is 3.26. The summed E-state index contributed by atoms with van der Waals surface area (Å²) >= 11 is 3.29. The minimum Gasteiger partial charge on any atom is -0.235 e. The molecule has 1 heterocycles. The van der Waals surface area contributed by atoms with Crippen LogP contribution in [0.2, 0.25) is 0 Å². The monoisotopic (exact) mass is 293 g/mol. The van der Waals surface area contributed by atoms with Gasteiger partial charge in [-0.15, -0.1) is 5.10 Å². The van der Waals surface area contributed by atoms with Gasteiger partial charge in [0.1, 0.15) is 12.1 Å². The lowest BCUT2D eigenvalue weighted by Gasteiger charge is -2.06. The Morgan fingerprint density at radius 1 is 1.38 bits per heavy atom. The summed E-state index contributed by atoms with van der Waals surface area (Å²) in [5.74, 6) is 0. The fraction of sp³-hybridized carbons (Fsp3) is 0.333. The average Bonchev–Trinajstić information content (AvgIpc) is 2.53. The number of aromatic nitrogens is 3. The summed E-state index contributed by atoms with van der Waals surface area (Å²) in [7, 11) is 0. The van der Waals surface area contributed by atoms with Crippen molar-refractivity contribution in [2.45, 2.75) is 19.6 Å². The number of hydrogen-bond donors (Lipinski definition) is 0. The molecule has 7 heteroatoms. The van der Waals surface area contributed by atoms with Gasteiger partial charge >= 0.3 is 6.18 Å². The van der Waals surface area contributed by atoms with Crippen molar-refractivity contribution >= 4 is 27.0 Å². The maximum Gasteiger partial charge on any atom is 0.408 e. The second kappa shape index (κ2) is 3.73. The number of fused-ring (bicyclic) bond motifs is 1. The van der Waals surface area contributed by atoms with Gasteiger partial charge in [-0.3, -0.25) is 0 Å². The van der Waals surface area contributed by atoms with Gasteiger partial charge in [0.2, 0.25) is 0 Å². The Hall–Kier alpha value is -1.11. The van der Waals surface area contributed by atoms with Crippen LogP contribution in [0.15, 0.2) is 16.6 Å². The molecule has 0 atom stereocenters. The molecule has 2 aromatic rings. The standard InChI is InChI=1S/C9H7BrF3N3/c1-5-6(10)2-3-7-8(5)14-15-16(7)4-9(11,12)13/h2-3H,4H2,1H3. The number of rotatable bonds is 1. The molecule has 16 heavy (non-hydrogen) atoms. The molecule has 2 rings (SSSR count). The van der Waals surface area contributed by atoms with Crippen molar-refractivity contribution < 1.29 is 13.2 Å². The van der Waals surface area contributed by atoms with E-state index in [-0.39, 0.29) is 0 Å². The Bertz CT molecular complexity index is 533. The lowest BCUT2D eigenvalue weighted by molar-refractivity contribution is -0.142. The fourth-order valence-electron chi connectivity index (χ4n) is 1.43. The van der Waals surface area contributed by atoms with Gasteiger partial charge in [0.05, 0.1) is 5.52 Å². The first kappa shape index (κ1) is 11.4. The predicted octanol–water partition coefficient (Wildman–Crippen LogP) is 3.06. The largest absolute Gasteiger partial charge is 0.408 e. The van der Waals surface area contributed by atoms with E-state index in [0.717, 1.165) is 14.7 Å². The highest BCUT2D eigenvalue weighted by Gasteiger charge is 2.29. The minimum atomic E-state index is -4.29. The third kappa shape index (κ3) is 2.04. The molecule has 0 radical (unpaired) electrons. The highest BCUT2D eigenvalue weighted by molar-refractivity contribution is 9.10. The van der Waals surface area contributed by atoms with E-state index in [4.69, 9.17) is 0 Å². The molecule has 0 spiro atoms. The van der Waals surface area contributed by atoms with E-state index in [2.05, 4.69) is 26.2 Å². The molecule has 0 aliphatic heterocycles. The second-order valence-corrected chi connectivity index (χ2v) is 4.26. The van der Waals surface area contributed by atoms with Crippen LogP contribution < -0.4 is 0 Å². The topological polar surface area (TPSA) is 30.7 Å². The van der Waals surface area contributed by atoms with Crippen LogP contribution >= 0.6 is 15.9 Å². The number of hydrogen-bond acceptors (Lipinski definition) is 2. The first-order valence-corrected chi connectivity index (χ1v) is 5.23. The van der Waals surface area contributed by atoms with Crippen molar-refractivity contribution in [3.8, 4) is 0 Å². The van der Waals surface area contributed by atoms with Gasteiger partial charge < -0.3 is 0 Å². The lowest BCUT2D eigenvalue weighted by Crippen LogP contribution is -2.18. The molecular weight excluding hydrogens is 287 g/mol. The van der Waals surface area contributed by atoms with Crippen LogP contribution in [-0.4, -0.2) is 21.2 Å². The van der Waals surface area contributed by atoms with E-state index < -0.39 is 12.7 Å². The van der Waals surface area contributed by atoms with E-state index in [1.807, 2.05) is 0 Å². The maximum atomic E-state index is 12.2. The van der Waals surface area contributed by atoms with Crippen molar-refractivity contribution in [1.82, 2.24) is 15.0 Å². The van der Waals surface area contributed by atoms with E-state index in [1.54, 1.807) is 19.1 Å². The van der Waals surface area contributed by atoms with E-state index in [9.17, 15) is 13.2 Å². The van der Waals surface area contributed by atoms with E-state index >= 15 is 0 Å². The van der Waals surface area contributed by atoms with Crippen LogP contribution in [0.1, 0.15) is 5.56 Å². The zero-order chi connectivity index (χ0) is 11.9. The fourth-order valence-corrected chi connectivity index (χ4v) is 1.75. The zero-order valence-corrected chi connectivity index (χ0v) is 9.80. The molecule has 0 aliphatic carbocycles. The number of aryl methyl sites for hydroxylation is 1. The minimum absolute atomic E-state index is 0.387. The number of benzene rings is 1.